The van der Waals surface area contributed by atoms with Gasteiger partial charge in [0.1, 0.15) is 28.4 Å². The SMILES string of the molecule is CC(C#N)(c1ccc(Oc2ccc([N+](=O)[O-])cc2)cc1)c1ccc(Oc2ccc([N+](=O)[O-])cc2)cc1. The molecule has 178 valence electrons. The van der Waals surface area contributed by atoms with Crippen molar-refractivity contribution in [2.45, 2.75) is 12.3 Å². The van der Waals surface area contributed by atoms with Crippen LogP contribution >= 0.6 is 0 Å². The number of non-ortho nitro benzene ring substituents is 2. The number of rotatable bonds is 8. The minimum atomic E-state index is -0.947. The summed E-state index contributed by atoms with van der Waals surface area (Å²) in [5.74, 6) is 1.97. The highest BCUT2D eigenvalue weighted by Crippen LogP contribution is 2.35. The average Bonchev–Trinajstić information content (AvgIpc) is 2.90. The zero-order valence-corrected chi connectivity index (χ0v) is 19.0. The Labute approximate surface area is 206 Å². The summed E-state index contributed by atoms with van der Waals surface area (Å²) in [7, 11) is 0. The van der Waals surface area contributed by atoms with E-state index in [1.165, 1.54) is 48.5 Å². The standard InChI is InChI=1S/C27H19N3O6/c1-27(18-28,19-2-10-23(11-3-19)35-25-14-6-21(7-15-25)29(31)32)20-4-12-24(13-5-20)36-26-16-8-22(9-17-26)30(33)34/h2-17H,1H3. The van der Waals surface area contributed by atoms with E-state index in [1.54, 1.807) is 48.5 Å². The lowest BCUT2D eigenvalue weighted by atomic mass is 9.77. The van der Waals surface area contributed by atoms with Crippen molar-refractivity contribution >= 4 is 11.4 Å². The van der Waals surface area contributed by atoms with Gasteiger partial charge in [0.05, 0.1) is 15.9 Å². The molecular formula is C27H19N3O6. The van der Waals surface area contributed by atoms with E-state index in [0.29, 0.717) is 23.0 Å². The van der Waals surface area contributed by atoms with Crippen molar-refractivity contribution in [3.63, 3.8) is 0 Å². The van der Waals surface area contributed by atoms with Crippen molar-refractivity contribution in [2.75, 3.05) is 0 Å². The number of benzene rings is 4. The van der Waals surface area contributed by atoms with E-state index in [2.05, 4.69) is 6.07 Å². The predicted molar refractivity (Wildman–Crippen MR) is 131 cm³/mol. The molecule has 36 heavy (non-hydrogen) atoms. The van der Waals surface area contributed by atoms with Gasteiger partial charge in [0, 0.05) is 24.3 Å². The normalized spacial score (nSPS) is 10.8. The lowest BCUT2D eigenvalue weighted by molar-refractivity contribution is -0.385. The molecule has 0 amide bonds. The van der Waals surface area contributed by atoms with Crippen molar-refractivity contribution in [3.05, 3.63) is 128 Å². The fourth-order valence-electron chi connectivity index (χ4n) is 3.55. The van der Waals surface area contributed by atoms with Gasteiger partial charge in [-0.1, -0.05) is 24.3 Å². The van der Waals surface area contributed by atoms with E-state index in [4.69, 9.17) is 9.47 Å². The van der Waals surface area contributed by atoms with Crippen LogP contribution in [0.5, 0.6) is 23.0 Å². The van der Waals surface area contributed by atoms with Crippen LogP contribution in [-0.4, -0.2) is 9.85 Å². The molecule has 0 unspecified atom stereocenters. The molecule has 0 N–H and O–H groups in total. The van der Waals surface area contributed by atoms with Gasteiger partial charge in [-0.25, -0.2) is 0 Å². The quantitative estimate of drug-likeness (QED) is 0.197. The number of nitriles is 1. The van der Waals surface area contributed by atoms with Crippen molar-refractivity contribution in [1.82, 2.24) is 0 Å². The molecule has 4 rings (SSSR count). The van der Waals surface area contributed by atoms with Gasteiger partial charge in [0.2, 0.25) is 0 Å². The first kappa shape index (κ1) is 23.9. The molecule has 4 aromatic carbocycles. The van der Waals surface area contributed by atoms with E-state index < -0.39 is 15.3 Å². The summed E-state index contributed by atoms with van der Waals surface area (Å²) in [6, 6.07) is 28.0. The third-order valence-electron chi connectivity index (χ3n) is 5.65. The second-order valence-electron chi connectivity index (χ2n) is 7.99. The summed E-state index contributed by atoms with van der Waals surface area (Å²) in [5.41, 5.74) is 0.520. The number of nitro groups is 2. The van der Waals surface area contributed by atoms with E-state index in [0.717, 1.165) is 11.1 Å². The van der Waals surface area contributed by atoms with Crippen molar-refractivity contribution in [1.29, 1.82) is 5.26 Å². The molecular weight excluding hydrogens is 462 g/mol. The molecule has 0 aliphatic carbocycles. The minimum Gasteiger partial charge on any atom is -0.457 e. The number of hydrogen-bond donors (Lipinski definition) is 0. The Hall–Kier alpha value is -5.23. The van der Waals surface area contributed by atoms with E-state index in [9.17, 15) is 25.5 Å². The highest BCUT2D eigenvalue weighted by atomic mass is 16.6. The van der Waals surface area contributed by atoms with Gasteiger partial charge in [-0.3, -0.25) is 20.2 Å². The molecule has 4 aromatic rings. The fourth-order valence-corrected chi connectivity index (χ4v) is 3.55. The molecule has 0 aromatic heterocycles. The van der Waals surface area contributed by atoms with Crippen LogP contribution in [0.2, 0.25) is 0 Å². The maximum atomic E-state index is 10.8. The first-order valence-electron chi connectivity index (χ1n) is 10.8. The first-order valence-corrected chi connectivity index (χ1v) is 10.8. The summed E-state index contributed by atoms with van der Waals surface area (Å²) in [6.07, 6.45) is 0. The van der Waals surface area contributed by atoms with Crippen molar-refractivity contribution in [3.8, 4) is 29.1 Å². The van der Waals surface area contributed by atoms with Crippen LogP contribution in [0.15, 0.2) is 97.1 Å². The molecule has 0 bridgehead atoms. The Balaban J connectivity index is 1.48. The molecule has 0 atom stereocenters. The molecule has 0 fully saturated rings. The lowest BCUT2D eigenvalue weighted by Gasteiger charge is -2.23. The first-order chi connectivity index (χ1) is 17.3. The Bertz CT molecular complexity index is 1320. The fraction of sp³-hybridized carbons (Fsp3) is 0.0741. The second kappa shape index (κ2) is 9.95. The van der Waals surface area contributed by atoms with Crippen LogP contribution in [0.3, 0.4) is 0 Å². The number of hydrogen-bond acceptors (Lipinski definition) is 7. The van der Waals surface area contributed by atoms with Crippen LogP contribution in [0, 0.1) is 31.6 Å². The smallest absolute Gasteiger partial charge is 0.269 e. The predicted octanol–water partition coefficient (Wildman–Crippen LogP) is 6.92. The summed E-state index contributed by atoms with van der Waals surface area (Å²) in [5, 5.41) is 31.6. The van der Waals surface area contributed by atoms with Gasteiger partial charge < -0.3 is 9.47 Å². The highest BCUT2D eigenvalue weighted by Gasteiger charge is 2.29. The van der Waals surface area contributed by atoms with Gasteiger partial charge in [0.15, 0.2) is 0 Å². The maximum absolute atomic E-state index is 10.8. The minimum absolute atomic E-state index is 0.0216. The number of ether oxygens (including phenoxy) is 2. The maximum Gasteiger partial charge on any atom is 0.269 e. The van der Waals surface area contributed by atoms with Crippen LogP contribution < -0.4 is 9.47 Å². The Morgan fingerprint density at radius 3 is 1.14 bits per heavy atom. The van der Waals surface area contributed by atoms with Crippen LogP contribution in [0.25, 0.3) is 0 Å². The molecule has 0 aliphatic heterocycles. The third kappa shape index (κ3) is 5.13. The summed E-state index contributed by atoms with van der Waals surface area (Å²) < 4.78 is 11.5. The van der Waals surface area contributed by atoms with E-state index in [-0.39, 0.29) is 11.4 Å². The molecule has 0 saturated carbocycles. The highest BCUT2D eigenvalue weighted by molar-refractivity contribution is 5.49. The van der Waals surface area contributed by atoms with Gasteiger partial charge in [-0.15, -0.1) is 0 Å². The lowest BCUT2D eigenvalue weighted by Crippen LogP contribution is -2.21. The Morgan fingerprint density at radius 1 is 0.611 bits per heavy atom. The molecule has 0 heterocycles. The molecule has 0 aliphatic rings. The summed E-state index contributed by atoms with van der Waals surface area (Å²) in [4.78, 5) is 20.6. The molecule has 0 spiro atoms. The number of nitrogens with zero attached hydrogens (tertiary/aromatic N) is 3. The van der Waals surface area contributed by atoms with Crippen LogP contribution in [-0.2, 0) is 5.41 Å². The van der Waals surface area contributed by atoms with Crippen LogP contribution in [0.1, 0.15) is 18.1 Å². The average molecular weight is 481 g/mol. The molecule has 0 radical (unpaired) electrons. The van der Waals surface area contributed by atoms with Crippen LogP contribution in [0.4, 0.5) is 11.4 Å². The molecule has 9 heteroatoms. The van der Waals surface area contributed by atoms with E-state index in [1.807, 2.05) is 6.92 Å². The van der Waals surface area contributed by atoms with Gasteiger partial charge in [0.25, 0.3) is 11.4 Å². The Kier molecular flexibility index (Phi) is 6.61. The summed E-state index contributed by atoms with van der Waals surface area (Å²) >= 11 is 0. The Morgan fingerprint density at radius 2 is 0.889 bits per heavy atom. The van der Waals surface area contributed by atoms with E-state index >= 15 is 0 Å². The van der Waals surface area contributed by atoms with Crippen molar-refractivity contribution < 1.29 is 19.3 Å². The van der Waals surface area contributed by atoms with Crippen molar-refractivity contribution in [2.24, 2.45) is 0 Å². The molecule has 0 saturated heterocycles. The van der Waals surface area contributed by atoms with Gasteiger partial charge in [-0.2, -0.15) is 5.26 Å². The zero-order valence-electron chi connectivity index (χ0n) is 19.0. The topological polar surface area (TPSA) is 129 Å². The number of nitro benzene ring substituents is 2. The third-order valence-corrected chi connectivity index (χ3v) is 5.65. The zero-order chi connectivity index (χ0) is 25.7. The monoisotopic (exact) mass is 481 g/mol. The molecule has 9 nitrogen and oxygen atoms in total. The largest absolute Gasteiger partial charge is 0.457 e. The van der Waals surface area contributed by atoms with Gasteiger partial charge in [-0.05, 0) is 66.6 Å². The van der Waals surface area contributed by atoms with Gasteiger partial charge >= 0.3 is 0 Å². The second-order valence-corrected chi connectivity index (χ2v) is 7.99. The summed E-state index contributed by atoms with van der Waals surface area (Å²) in [6.45, 7) is 1.81.